The van der Waals surface area contributed by atoms with Crippen molar-refractivity contribution in [3.63, 3.8) is 0 Å². The Morgan fingerprint density at radius 3 is 2.38 bits per heavy atom. The Bertz CT molecular complexity index is 643. The first-order chi connectivity index (χ1) is 9.56. The standard InChI is InChI=1S/C11H8F6N4/c12-10(13,14)5-21-2-1-8(20-21)6-3-7(11(15,16)17)9(18)19-4-6/h1-4H,5H2,(H2,18,19). The van der Waals surface area contributed by atoms with Gasteiger partial charge in [-0.1, -0.05) is 0 Å². The zero-order valence-corrected chi connectivity index (χ0v) is 10.2. The van der Waals surface area contributed by atoms with Gasteiger partial charge in [0.05, 0.1) is 11.3 Å². The first-order valence-electron chi connectivity index (χ1n) is 5.49. The van der Waals surface area contributed by atoms with Crippen LogP contribution in [-0.2, 0) is 12.7 Å². The number of alkyl halides is 6. The van der Waals surface area contributed by atoms with E-state index < -0.39 is 30.3 Å². The fraction of sp³-hybridized carbons (Fsp3) is 0.273. The van der Waals surface area contributed by atoms with E-state index in [2.05, 4.69) is 10.1 Å². The minimum atomic E-state index is -4.71. The quantitative estimate of drug-likeness (QED) is 0.867. The second-order valence-electron chi connectivity index (χ2n) is 4.17. The van der Waals surface area contributed by atoms with E-state index in [9.17, 15) is 26.3 Å². The van der Waals surface area contributed by atoms with Crippen LogP contribution >= 0.6 is 0 Å². The van der Waals surface area contributed by atoms with Crippen LogP contribution in [0, 0.1) is 0 Å². The number of anilines is 1. The van der Waals surface area contributed by atoms with Gasteiger partial charge in [-0.05, 0) is 12.1 Å². The molecule has 0 unspecified atom stereocenters. The monoisotopic (exact) mass is 310 g/mol. The molecule has 4 nitrogen and oxygen atoms in total. The second-order valence-corrected chi connectivity index (χ2v) is 4.17. The Morgan fingerprint density at radius 1 is 1.14 bits per heavy atom. The molecule has 10 heteroatoms. The summed E-state index contributed by atoms with van der Waals surface area (Å²) < 4.78 is 75.2. The molecule has 0 aliphatic rings. The van der Waals surface area contributed by atoms with Crippen molar-refractivity contribution in [3.05, 3.63) is 30.1 Å². The van der Waals surface area contributed by atoms with Gasteiger partial charge in [0.25, 0.3) is 0 Å². The minimum Gasteiger partial charge on any atom is -0.383 e. The summed E-state index contributed by atoms with van der Waals surface area (Å²) in [6.45, 7) is -1.33. The minimum absolute atomic E-state index is 0.0581. The van der Waals surface area contributed by atoms with Crippen molar-refractivity contribution in [2.45, 2.75) is 18.9 Å². The van der Waals surface area contributed by atoms with Gasteiger partial charge in [0.15, 0.2) is 0 Å². The molecule has 0 radical (unpaired) electrons. The highest BCUT2D eigenvalue weighted by molar-refractivity contribution is 5.61. The fourth-order valence-electron chi connectivity index (χ4n) is 1.63. The predicted molar refractivity (Wildman–Crippen MR) is 60.9 cm³/mol. The number of aromatic nitrogens is 3. The molecule has 2 heterocycles. The topological polar surface area (TPSA) is 56.7 Å². The van der Waals surface area contributed by atoms with Crippen LogP contribution in [0.1, 0.15) is 5.56 Å². The van der Waals surface area contributed by atoms with Gasteiger partial charge in [-0.2, -0.15) is 31.4 Å². The zero-order valence-electron chi connectivity index (χ0n) is 10.2. The maximum Gasteiger partial charge on any atom is 0.419 e. The summed E-state index contributed by atoms with van der Waals surface area (Å²) in [4.78, 5) is 3.39. The van der Waals surface area contributed by atoms with Crippen LogP contribution < -0.4 is 5.73 Å². The van der Waals surface area contributed by atoms with Gasteiger partial charge in [-0.15, -0.1) is 0 Å². The van der Waals surface area contributed by atoms with E-state index in [0.717, 1.165) is 12.4 Å². The van der Waals surface area contributed by atoms with E-state index in [-0.39, 0.29) is 11.3 Å². The average molecular weight is 310 g/mol. The predicted octanol–water partition coefficient (Wildman–Crippen LogP) is 3.11. The van der Waals surface area contributed by atoms with Gasteiger partial charge in [-0.25, -0.2) is 4.98 Å². The van der Waals surface area contributed by atoms with E-state index >= 15 is 0 Å². The van der Waals surface area contributed by atoms with Gasteiger partial charge >= 0.3 is 12.4 Å². The Balaban J connectivity index is 2.35. The van der Waals surface area contributed by atoms with Crippen LogP contribution in [-0.4, -0.2) is 20.9 Å². The number of hydrogen-bond acceptors (Lipinski definition) is 3. The van der Waals surface area contributed by atoms with Crippen molar-refractivity contribution < 1.29 is 26.3 Å². The Kier molecular flexibility index (Phi) is 3.56. The highest BCUT2D eigenvalue weighted by atomic mass is 19.4. The molecule has 0 saturated heterocycles. The lowest BCUT2D eigenvalue weighted by molar-refractivity contribution is -0.142. The molecule has 114 valence electrons. The van der Waals surface area contributed by atoms with Gasteiger partial charge in [0.2, 0.25) is 0 Å². The van der Waals surface area contributed by atoms with Gasteiger partial charge in [-0.3, -0.25) is 4.68 Å². The summed E-state index contributed by atoms with van der Waals surface area (Å²) in [7, 11) is 0. The molecule has 2 aromatic heterocycles. The lowest BCUT2D eigenvalue weighted by Gasteiger charge is -2.10. The highest BCUT2D eigenvalue weighted by Crippen LogP contribution is 2.34. The summed E-state index contributed by atoms with van der Waals surface area (Å²) in [5, 5.41) is 3.57. The van der Waals surface area contributed by atoms with Gasteiger partial charge in [0.1, 0.15) is 12.4 Å². The molecule has 0 spiro atoms. The molecule has 0 saturated carbocycles. The van der Waals surface area contributed by atoms with Crippen LogP contribution in [0.4, 0.5) is 32.2 Å². The number of nitrogens with two attached hydrogens (primary N) is 1. The number of rotatable bonds is 2. The third kappa shape index (κ3) is 3.64. The molecule has 0 fully saturated rings. The Morgan fingerprint density at radius 2 is 1.81 bits per heavy atom. The summed E-state index contributed by atoms with van der Waals surface area (Å²) in [5.41, 5.74) is 3.85. The van der Waals surface area contributed by atoms with E-state index in [1.165, 1.54) is 6.07 Å². The van der Waals surface area contributed by atoms with Crippen molar-refractivity contribution in [1.29, 1.82) is 0 Å². The third-order valence-corrected chi connectivity index (χ3v) is 2.50. The van der Waals surface area contributed by atoms with Crippen molar-refractivity contribution >= 4 is 5.82 Å². The number of nitrogens with zero attached hydrogens (tertiary/aromatic N) is 3. The van der Waals surface area contributed by atoms with E-state index in [1.54, 1.807) is 0 Å². The molecule has 0 aliphatic heterocycles. The summed E-state index contributed by atoms with van der Waals surface area (Å²) in [6, 6.07) is 1.86. The lowest BCUT2D eigenvalue weighted by Crippen LogP contribution is -2.18. The maximum absolute atomic E-state index is 12.7. The highest BCUT2D eigenvalue weighted by Gasteiger charge is 2.34. The van der Waals surface area contributed by atoms with Crippen LogP contribution in [0.5, 0.6) is 0 Å². The van der Waals surface area contributed by atoms with Crippen LogP contribution in [0.25, 0.3) is 11.3 Å². The van der Waals surface area contributed by atoms with E-state index in [0.29, 0.717) is 10.7 Å². The molecule has 2 aromatic rings. The number of halogens is 6. The molecule has 0 bridgehead atoms. The molecule has 2 N–H and O–H groups in total. The van der Waals surface area contributed by atoms with Crippen LogP contribution in [0.3, 0.4) is 0 Å². The van der Waals surface area contributed by atoms with Crippen molar-refractivity contribution in [2.24, 2.45) is 0 Å². The molecular formula is C11H8F6N4. The van der Waals surface area contributed by atoms with Gasteiger partial charge in [0, 0.05) is 18.0 Å². The largest absolute Gasteiger partial charge is 0.419 e. The zero-order chi connectivity index (χ0) is 15.8. The number of nitrogen functional groups attached to an aromatic ring is 1. The molecular weight excluding hydrogens is 302 g/mol. The first kappa shape index (κ1) is 15.1. The molecule has 0 aromatic carbocycles. The van der Waals surface area contributed by atoms with Crippen LogP contribution in [0.2, 0.25) is 0 Å². The average Bonchev–Trinajstić information content (AvgIpc) is 2.74. The number of hydrogen-bond donors (Lipinski definition) is 1. The molecule has 0 amide bonds. The third-order valence-electron chi connectivity index (χ3n) is 2.50. The normalized spacial score (nSPS) is 12.7. The van der Waals surface area contributed by atoms with Crippen molar-refractivity contribution in [2.75, 3.05) is 5.73 Å². The van der Waals surface area contributed by atoms with E-state index in [1.807, 2.05) is 0 Å². The number of pyridine rings is 1. The molecule has 2 rings (SSSR count). The second kappa shape index (κ2) is 4.93. The first-order valence-corrected chi connectivity index (χ1v) is 5.49. The fourth-order valence-corrected chi connectivity index (χ4v) is 1.63. The summed E-state index contributed by atoms with van der Waals surface area (Å²) in [6.07, 6.45) is -7.14. The SMILES string of the molecule is Nc1ncc(-c2ccn(CC(F)(F)F)n2)cc1C(F)(F)F. The summed E-state index contributed by atoms with van der Waals surface area (Å²) >= 11 is 0. The van der Waals surface area contributed by atoms with E-state index in [4.69, 9.17) is 5.73 Å². The van der Waals surface area contributed by atoms with Crippen molar-refractivity contribution in [1.82, 2.24) is 14.8 Å². The van der Waals surface area contributed by atoms with Crippen molar-refractivity contribution in [3.8, 4) is 11.3 Å². The molecule has 0 atom stereocenters. The van der Waals surface area contributed by atoms with Crippen LogP contribution in [0.15, 0.2) is 24.5 Å². The molecule has 21 heavy (non-hydrogen) atoms. The molecule has 0 aliphatic carbocycles. The summed E-state index contributed by atoms with van der Waals surface area (Å²) in [5.74, 6) is -0.707. The Hall–Kier alpha value is -2.26. The maximum atomic E-state index is 12.7. The lowest BCUT2D eigenvalue weighted by atomic mass is 10.1. The smallest absolute Gasteiger partial charge is 0.383 e. The van der Waals surface area contributed by atoms with Gasteiger partial charge < -0.3 is 5.73 Å². The Labute approximate surface area is 114 Å².